The fraction of sp³-hybridized carbons (Fsp3) is 0.292. The van der Waals surface area contributed by atoms with Gasteiger partial charge in [0.05, 0.1) is 20.8 Å². The Kier molecular flexibility index (Phi) is 5.67. The molecule has 1 fully saturated rings. The van der Waals surface area contributed by atoms with Crippen molar-refractivity contribution < 1.29 is 14.3 Å². The monoisotopic (exact) mass is 390 g/mol. The summed E-state index contributed by atoms with van der Waals surface area (Å²) in [5.41, 5.74) is 1.92. The molecular weight excluding hydrogens is 364 g/mol. The first kappa shape index (κ1) is 19.3. The number of nitrogens with one attached hydrogen (secondary N) is 1. The van der Waals surface area contributed by atoms with Crippen LogP contribution in [0.15, 0.2) is 60.7 Å². The molecule has 29 heavy (non-hydrogen) atoms. The number of carbonyl (C=O) groups is 1. The molecule has 1 amide bonds. The number of hydrogen-bond acceptors (Lipinski definition) is 4. The standard InChI is InChI=1S/C24H26N2O3/c1-28-18-12-13-23(29-2)20(15-18)22-11-6-14-26(22)16-24(27)25-21-10-5-8-17-7-3-4-9-19(17)21/h3-5,7-10,12-13,15,22H,6,11,14,16H2,1-2H3,(H,25,27)/t22-/m1/s1. The summed E-state index contributed by atoms with van der Waals surface area (Å²) in [5, 5.41) is 5.27. The van der Waals surface area contributed by atoms with Crippen LogP contribution in [0.1, 0.15) is 24.4 Å². The van der Waals surface area contributed by atoms with Crippen LogP contribution in [-0.2, 0) is 4.79 Å². The van der Waals surface area contributed by atoms with Gasteiger partial charge in [0.1, 0.15) is 11.5 Å². The van der Waals surface area contributed by atoms with Gasteiger partial charge in [-0.2, -0.15) is 0 Å². The molecule has 0 aliphatic carbocycles. The van der Waals surface area contributed by atoms with E-state index in [-0.39, 0.29) is 11.9 Å². The predicted molar refractivity (Wildman–Crippen MR) is 116 cm³/mol. The first-order chi connectivity index (χ1) is 14.2. The fourth-order valence-electron chi connectivity index (χ4n) is 4.18. The summed E-state index contributed by atoms with van der Waals surface area (Å²) < 4.78 is 11.0. The van der Waals surface area contributed by atoms with Crippen molar-refractivity contribution >= 4 is 22.4 Å². The van der Waals surface area contributed by atoms with Crippen LogP contribution >= 0.6 is 0 Å². The number of anilines is 1. The van der Waals surface area contributed by atoms with Gasteiger partial charge < -0.3 is 14.8 Å². The quantitative estimate of drug-likeness (QED) is 0.667. The first-order valence-electron chi connectivity index (χ1n) is 9.93. The minimum Gasteiger partial charge on any atom is -0.497 e. The average molecular weight is 390 g/mol. The Bertz CT molecular complexity index is 1010. The van der Waals surface area contributed by atoms with Gasteiger partial charge in [-0.3, -0.25) is 9.69 Å². The summed E-state index contributed by atoms with van der Waals surface area (Å²) in [6.07, 6.45) is 2.04. The molecule has 1 heterocycles. The van der Waals surface area contributed by atoms with Crippen molar-refractivity contribution in [1.29, 1.82) is 0 Å². The smallest absolute Gasteiger partial charge is 0.238 e. The highest BCUT2D eigenvalue weighted by atomic mass is 16.5. The fourth-order valence-corrected chi connectivity index (χ4v) is 4.18. The molecule has 0 spiro atoms. The van der Waals surface area contributed by atoms with E-state index in [0.29, 0.717) is 6.54 Å². The summed E-state index contributed by atoms with van der Waals surface area (Å²) in [7, 11) is 3.34. The highest BCUT2D eigenvalue weighted by molar-refractivity contribution is 6.02. The Hall–Kier alpha value is -3.05. The molecule has 4 rings (SSSR count). The van der Waals surface area contributed by atoms with Crippen LogP contribution in [0.5, 0.6) is 11.5 Å². The molecule has 1 saturated heterocycles. The zero-order chi connectivity index (χ0) is 20.2. The number of fused-ring (bicyclic) bond motifs is 1. The predicted octanol–water partition coefficient (Wildman–Crippen LogP) is 4.63. The molecule has 1 atom stereocenters. The van der Waals surface area contributed by atoms with Crippen molar-refractivity contribution in [2.75, 3.05) is 32.6 Å². The minimum absolute atomic E-state index is 0.00452. The molecule has 150 valence electrons. The van der Waals surface area contributed by atoms with E-state index in [4.69, 9.17) is 9.47 Å². The maximum Gasteiger partial charge on any atom is 0.238 e. The lowest BCUT2D eigenvalue weighted by atomic mass is 10.0. The number of carbonyl (C=O) groups excluding carboxylic acids is 1. The lowest BCUT2D eigenvalue weighted by Crippen LogP contribution is -2.33. The van der Waals surface area contributed by atoms with Crippen LogP contribution in [0.4, 0.5) is 5.69 Å². The minimum atomic E-state index is -0.00452. The number of rotatable bonds is 6. The Morgan fingerprint density at radius 1 is 1.07 bits per heavy atom. The molecule has 0 aromatic heterocycles. The van der Waals surface area contributed by atoms with Gasteiger partial charge in [-0.1, -0.05) is 36.4 Å². The van der Waals surface area contributed by atoms with E-state index in [2.05, 4.69) is 22.3 Å². The van der Waals surface area contributed by atoms with Gasteiger partial charge in [-0.05, 0) is 49.0 Å². The topological polar surface area (TPSA) is 50.8 Å². The Balaban J connectivity index is 1.52. The maximum absolute atomic E-state index is 12.9. The second kappa shape index (κ2) is 8.53. The first-order valence-corrected chi connectivity index (χ1v) is 9.93. The maximum atomic E-state index is 12.9. The Morgan fingerprint density at radius 3 is 2.72 bits per heavy atom. The second-order valence-corrected chi connectivity index (χ2v) is 7.31. The molecule has 1 aliphatic rings. The molecule has 1 aliphatic heterocycles. The lowest BCUT2D eigenvalue weighted by molar-refractivity contribution is -0.117. The Labute approximate surface area is 171 Å². The van der Waals surface area contributed by atoms with Crippen LogP contribution in [0.3, 0.4) is 0 Å². The third-order valence-corrected chi connectivity index (χ3v) is 5.57. The van der Waals surface area contributed by atoms with Crippen molar-refractivity contribution in [1.82, 2.24) is 4.90 Å². The summed E-state index contributed by atoms with van der Waals surface area (Å²) in [5.74, 6) is 1.63. The summed E-state index contributed by atoms with van der Waals surface area (Å²) in [4.78, 5) is 15.1. The van der Waals surface area contributed by atoms with Gasteiger partial charge in [0, 0.05) is 22.7 Å². The van der Waals surface area contributed by atoms with E-state index in [0.717, 1.165) is 52.9 Å². The second-order valence-electron chi connectivity index (χ2n) is 7.31. The largest absolute Gasteiger partial charge is 0.497 e. The highest BCUT2D eigenvalue weighted by Crippen LogP contribution is 2.38. The third kappa shape index (κ3) is 4.05. The summed E-state index contributed by atoms with van der Waals surface area (Å²) in [6, 6.07) is 20.0. The van der Waals surface area contributed by atoms with Crippen LogP contribution in [0, 0.1) is 0 Å². The van der Waals surface area contributed by atoms with Crippen molar-refractivity contribution in [3.8, 4) is 11.5 Å². The molecule has 0 unspecified atom stereocenters. The number of ether oxygens (including phenoxy) is 2. The van der Waals surface area contributed by atoms with E-state index >= 15 is 0 Å². The van der Waals surface area contributed by atoms with Crippen molar-refractivity contribution in [3.63, 3.8) is 0 Å². The van der Waals surface area contributed by atoms with Gasteiger partial charge in [-0.15, -0.1) is 0 Å². The molecule has 0 radical (unpaired) electrons. The highest BCUT2D eigenvalue weighted by Gasteiger charge is 2.30. The third-order valence-electron chi connectivity index (χ3n) is 5.57. The summed E-state index contributed by atoms with van der Waals surface area (Å²) in [6.45, 7) is 1.22. The molecule has 3 aromatic carbocycles. The van der Waals surface area contributed by atoms with Gasteiger partial charge >= 0.3 is 0 Å². The van der Waals surface area contributed by atoms with E-state index in [1.54, 1.807) is 14.2 Å². The number of benzene rings is 3. The van der Waals surface area contributed by atoms with E-state index in [1.807, 2.05) is 48.5 Å². The molecular formula is C24H26N2O3. The van der Waals surface area contributed by atoms with E-state index in [9.17, 15) is 4.79 Å². The number of nitrogens with zero attached hydrogens (tertiary/aromatic N) is 1. The van der Waals surface area contributed by atoms with Crippen LogP contribution in [-0.4, -0.2) is 38.1 Å². The van der Waals surface area contributed by atoms with Gasteiger partial charge in [0.2, 0.25) is 5.91 Å². The number of amides is 1. The molecule has 5 heteroatoms. The number of hydrogen-bond donors (Lipinski definition) is 1. The van der Waals surface area contributed by atoms with E-state index in [1.165, 1.54) is 0 Å². The van der Waals surface area contributed by atoms with Gasteiger partial charge in [0.15, 0.2) is 0 Å². The van der Waals surface area contributed by atoms with Crippen molar-refractivity contribution in [2.45, 2.75) is 18.9 Å². The molecule has 1 N–H and O–H groups in total. The summed E-state index contributed by atoms with van der Waals surface area (Å²) >= 11 is 0. The van der Waals surface area contributed by atoms with E-state index < -0.39 is 0 Å². The van der Waals surface area contributed by atoms with Crippen LogP contribution in [0.2, 0.25) is 0 Å². The molecule has 0 saturated carbocycles. The lowest BCUT2D eigenvalue weighted by Gasteiger charge is -2.26. The van der Waals surface area contributed by atoms with Gasteiger partial charge in [-0.25, -0.2) is 0 Å². The number of likely N-dealkylation sites (tertiary alicyclic amines) is 1. The number of methoxy groups -OCH3 is 2. The molecule has 0 bridgehead atoms. The van der Waals surface area contributed by atoms with Gasteiger partial charge in [0.25, 0.3) is 0 Å². The zero-order valence-corrected chi connectivity index (χ0v) is 16.9. The van der Waals surface area contributed by atoms with Crippen molar-refractivity contribution in [2.24, 2.45) is 0 Å². The SMILES string of the molecule is COc1ccc(OC)c([C@H]2CCCN2CC(=O)Nc2cccc3ccccc23)c1. The molecule has 3 aromatic rings. The van der Waals surface area contributed by atoms with Crippen LogP contribution < -0.4 is 14.8 Å². The molecule has 5 nitrogen and oxygen atoms in total. The normalized spacial score (nSPS) is 16.7. The average Bonchev–Trinajstić information content (AvgIpc) is 3.21. The van der Waals surface area contributed by atoms with Crippen LogP contribution in [0.25, 0.3) is 10.8 Å². The Morgan fingerprint density at radius 2 is 1.90 bits per heavy atom. The zero-order valence-electron chi connectivity index (χ0n) is 16.9. The van der Waals surface area contributed by atoms with Crippen molar-refractivity contribution in [3.05, 3.63) is 66.2 Å².